The smallest absolute Gasteiger partial charge is 0.0580 e. The lowest BCUT2D eigenvalue weighted by Crippen LogP contribution is -2.49. The van der Waals surface area contributed by atoms with Crippen LogP contribution in [-0.2, 0) is 0 Å². The zero-order chi connectivity index (χ0) is 9.26. The van der Waals surface area contributed by atoms with Crippen LogP contribution in [0.25, 0.3) is 0 Å². The highest BCUT2D eigenvalue weighted by atomic mass is 16.3. The second kappa shape index (κ2) is 3.95. The molecule has 0 heterocycles. The minimum Gasteiger partial charge on any atom is -0.393 e. The Morgan fingerprint density at radius 3 is 2.62 bits per heavy atom. The standard InChI is InChI=1S/C10H20N2O/c11-8-4-9(5-8)12-6-7-2-1-3-10(7)13/h7-10,12-13H,1-6,11H2. The molecular weight excluding hydrogens is 164 g/mol. The number of rotatable bonds is 3. The van der Waals surface area contributed by atoms with Gasteiger partial charge in [0.05, 0.1) is 6.10 Å². The Hall–Kier alpha value is -0.120. The number of aliphatic hydroxyl groups excluding tert-OH is 1. The molecule has 0 aliphatic heterocycles. The van der Waals surface area contributed by atoms with Gasteiger partial charge in [-0.25, -0.2) is 0 Å². The van der Waals surface area contributed by atoms with Gasteiger partial charge in [0.25, 0.3) is 0 Å². The Labute approximate surface area is 79.7 Å². The van der Waals surface area contributed by atoms with Crippen molar-refractivity contribution in [2.75, 3.05) is 6.54 Å². The van der Waals surface area contributed by atoms with Crippen LogP contribution in [0.2, 0.25) is 0 Å². The summed E-state index contributed by atoms with van der Waals surface area (Å²) in [5.74, 6) is 0.497. The van der Waals surface area contributed by atoms with Crippen LogP contribution in [0, 0.1) is 5.92 Å². The Bertz CT molecular complexity index is 168. The van der Waals surface area contributed by atoms with Crippen molar-refractivity contribution in [1.82, 2.24) is 5.32 Å². The molecule has 2 fully saturated rings. The quantitative estimate of drug-likeness (QED) is 0.588. The van der Waals surface area contributed by atoms with Crippen molar-refractivity contribution in [3.63, 3.8) is 0 Å². The molecule has 0 amide bonds. The van der Waals surface area contributed by atoms with Gasteiger partial charge in [-0.2, -0.15) is 0 Å². The molecule has 3 heteroatoms. The Morgan fingerprint density at radius 2 is 2.08 bits per heavy atom. The van der Waals surface area contributed by atoms with E-state index in [2.05, 4.69) is 5.32 Å². The molecule has 2 rings (SSSR count). The molecule has 2 unspecified atom stereocenters. The molecule has 13 heavy (non-hydrogen) atoms. The van der Waals surface area contributed by atoms with Gasteiger partial charge in [0.15, 0.2) is 0 Å². The maximum atomic E-state index is 9.58. The molecule has 76 valence electrons. The van der Waals surface area contributed by atoms with Crippen LogP contribution in [0.4, 0.5) is 0 Å². The largest absolute Gasteiger partial charge is 0.393 e. The molecule has 0 aromatic heterocycles. The first kappa shape index (κ1) is 9.44. The van der Waals surface area contributed by atoms with Gasteiger partial charge in [-0.15, -0.1) is 0 Å². The average Bonchev–Trinajstić information content (AvgIpc) is 2.43. The summed E-state index contributed by atoms with van der Waals surface area (Å²) in [6.45, 7) is 0.985. The minimum atomic E-state index is -0.0544. The third-order valence-corrected chi connectivity index (χ3v) is 3.46. The molecule has 4 N–H and O–H groups in total. The molecule has 0 radical (unpaired) electrons. The molecule has 0 bridgehead atoms. The lowest BCUT2D eigenvalue weighted by Gasteiger charge is -2.34. The number of hydrogen-bond acceptors (Lipinski definition) is 3. The van der Waals surface area contributed by atoms with E-state index in [1.807, 2.05) is 0 Å². The van der Waals surface area contributed by atoms with Crippen molar-refractivity contribution >= 4 is 0 Å². The van der Waals surface area contributed by atoms with Crippen molar-refractivity contribution < 1.29 is 5.11 Å². The van der Waals surface area contributed by atoms with Gasteiger partial charge in [0.2, 0.25) is 0 Å². The molecule has 2 atom stereocenters. The summed E-state index contributed by atoms with van der Waals surface area (Å²) in [5.41, 5.74) is 5.69. The third kappa shape index (κ3) is 2.22. The van der Waals surface area contributed by atoms with Crippen LogP contribution in [-0.4, -0.2) is 29.8 Å². The van der Waals surface area contributed by atoms with Crippen LogP contribution >= 0.6 is 0 Å². The van der Waals surface area contributed by atoms with Gasteiger partial charge in [-0.1, -0.05) is 6.42 Å². The molecule has 0 aromatic carbocycles. The van der Waals surface area contributed by atoms with Gasteiger partial charge in [0, 0.05) is 18.6 Å². The van der Waals surface area contributed by atoms with E-state index in [-0.39, 0.29) is 6.10 Å². The second-order valence-corrected chi connectivity index (χ2v) is 4.59. The monoisotopic (exact) mass is 184 g/mol. The van der Waals surface area contributed by atoms with Gasteiger partial charge in [0.1, 0.15) is 0 Å². The molecule has 2 saturated carbocycles. The van der Waals surface area contributed by atoms with Crippen molar-refractivity contribution in [3.05, 3.63) is 0 Å². The number of nitrogens with one attached hydrogen (secondary N) is 1. The fourth-order valence-electron chi connectivity index (χ4n) is 2.40. The van der Waals surface area contributed by atoms with Gasteiger partial charge in [-0.3, -0.25) is 0 Å². The van der Waals surface area contributed by atoms with E-state index in [1.54, 1.807) is 0 Å². The van der Waals surface area contributed by atoms with E-state index in [4.69, 9.17) is 5.73 Å². The first-order chi connectivity index (χ1) is 6.25. The van der Waals surface area contributed by atoms with E-state index >= 15 is 0 Å². The first-order valence-corrected chi connectivity index (χ1v) is 5.42. The second-order valence-electron chi connectivity index (χ2n) is 4.59. The summed E-state index contributed by atoms with van der Waals surface area (Å²) < 4.78 is 0. The number of nitrogens with two attached hydrogens (primary N) is 1. The van der Waals surface area contributed by atoms with Crippen molar-refractivity contribution in [2.45, 2.75) is 50.3 Å². The average molecular weight is 184 g/mol. The molecule has 0 saturated heterocycles. The summed E-state index contributed by atoms with van der Waals surface area (Å²) in [5, 5.41) is 13.1. The van der Waals surface area contributed by atoms with Crippen LogP contribution in [0.1, 0.15) is 32.1 Å². The van der Waals surface area contributed by atoms with Crippen LogP contribution < -0.4 is 11.1 Å². The van der Waals surface area contributed by atoms with Crippen LogP contribution in [0.3, 0.4) is 0 Å². The highest BCUT2D eigenvalue weighted by Gasteiger charge is 2.29. The van der Waals surface area contributed by atoms with E-state index in [0.717, 1.165) is 25.8 Å². The Morgan fingerprint density at radius 1 is 1.31 bits per heavy atom. The zero-order valence-corrected chi connectivity index (χ0v) is 8.08. The number of hydrogen-bond donors (Lipinski definition) is 3. The lowest BCUT2D eigenvalue weighted by atomic mass is 9.87. The summed E-state index contributed by atoms with van der Waals surface area (Å²) in [7, 11) is 0. The lowest BCUT2D eigenvalue weighted by molar-refractivity contribution is 0.126. The molecule has 2 aliphatic rings. The summed E-state index contributed by atoms with van der Waals surface area (Å²) >= 11 is 0. The number of aliphatic hydroxyl groups is 1. The highest BCUT2D eigenvalue weighted by Crippen LogP contribution is 2.26. The van der Waals surface area contributed by atoms with Crippen molar-refractivity contribution in [3.8, 4) is 0 Å². The first-order valence-electron chi connectivity index (χ1n) is 5.42. The van der Waals surface area contributed by atoms with Crippen LogP contribution in [0.5, 0.6) is 0 Å². The maximum absolute atomic E-state index is 9.58. The third-order valence-electron chi connectivity index (χ3n) is 3.46. The molecule has 0 aromatic rings. The topological polar surface area (TPSA) is 58.3 Å². The van der Waals surface area contributed by atoms with Crippen molar-refractivity contribution in [2.24, 2.45) is 11.7 Å². The van der Waals surface area contributed by atoms with E-state index in [0.29, 0.717) is 18.0 Å². The molecule has 2 aliphatic carbocycles. The summed E-state index contributed by atoms with van der Waals surface area (Å²) in [6.07, 6.45) is 5.55. The van der Waals surface area contributed by atoms with Crippen molar-refractivity contribution in [1.29, 1.82) is 0 Å². The van der Waals surface area contributed by atoms with Gasteiger partial charge < -0.3 is 16.2 Å². The van der Waals surface area contributed by atoms with E-state index < -0.39 is 0 Å². The Balaban J connectivity index is 1.62. The summed E-state index contributed by atoms with van der Waals surface area (Å²) in [4.78, 5) is 0. The highest BCUT2D eigenvalue weighted by molar-refractivity contribution is 4.89. The molecular formula is C10H20N2O. The van der Waals surface area contributed by atoms with Gasteiger partial charge in [-0.05, 0) is 31.6 Å². The predicted molar refractivity (Wildman–Crippen MR) is 52.3 cm³/mol. The maximum Gasteiger partial charge on any atom is 0.0580 e. The van der Waals surface area contributed by atoms with Crippen LogP contribution in [0.15, 0.2) is 0 Å². The van der Waals surface area contributed by atoms with Gasteiger partial charge >= 0.3 is 0 Å². The normalized spacial score (nSPS) is 44.8. The zero-order valence-electron chi connectivity index (χ0n) is 8.08. The predicted octanol–water partition coefficient (Wildman–Crippen LogP) is 0.227. The fourth-order valence-corrected chi connectivity index (χ4v) is 2.40. The minimum absolute atomic E-state index is 0.0544. The molecule has 0 spiro atoms. The fraction of sp³-hybridized carbons (Fsp3) is 1.00. The Kier molecular flexibility index (Phi) is 2.86. The summed E-state index contributed by atoms with van der Waals surface area (Å²) in [6, 6.07) is 1.05. The molecule has 3 nitrogen and oxygen atoms in total. The van der Waals surface area contributed by atoms with E-state index in [9.17, 15) is 5.11 Å². The SMILES string of the molecule is NC1CC(NCC2CCCC2O)C1. The van der Waals surface area contributed by atoms with E-state index in [1.165, 1.54) is 12.8 Å².